The van der Waals surface area contributed by atoms with Gasteiger partial charge in [-0.1, -0.05) is 26.7 Å². The molecule has 1 saturated carbocycles. The Bertz CT molecular complexity index is 637. The fourth-order valence-electron chi connectivity index (χ4n) is 3.60. The fourth-order valence-corrected chi connectivity index (χ4v) is 3.60. The van der Waals surface area contributed by atoms with E-state index in [0.717, 1.165) is 37.6 Å². The van der Waals surface area contributed by atoms with E-state index in [4.69, 9.17) is 0 Å². The lowest BCUT2D eigenvalue weighted by atomic mass is 10.1. The summed E-state index contributed by atoms with van der Waals surface area (Å²) >= 11 is 0. The van der Waals surface area contributed by atoms with Gasteiger partial charge in [0.2, 0.25) is 5.91 Å². The second-order valence-electron chi connectivity index (χ2n) is 7.76. The highest BCUT2D eigenvalue weighted by molar-refractivity contribution is 14.0. The van der Waals surface area contributed by atoms with E-state index in [1.165, 1.54) is 18.4 Å². The van der Waals surface area contributed by atoms with Crippen LogP contribution in [-0.2, 0) is 18.4 Å². The molecule has 1 aromatic rings. The Morgan fingerprint density at radius 3 is 2.68 bits per heavy atom. The van der Waals surface area contributed by atoms with E-state index in [1.54, 1.807) is 0 Å². The van der Waals surface area contributed by atoms with Gasteiger partial charge in [0.15, 0.2) is 5.96 Å². The molecule has 1 fully saturated rings. The smallest absolute Gasteiger partial charge is 0.222 e. The molecule has 0 aliphatic heterocycles. The van der Waals surface area contributed by atoms with Gasteiger partial charge in [-0.2, -0.15) is 5.10 Å². The van der Waals surface area contributed by atoms with Crippen LogP contribution in [0.2, 0.25) is 0 Å². The highest BCUT2D eigenvalue weighted by atomic mass is 127. The zero-order chi connectivity index (χ0) is 19.8. The molecule has 28 heavy (non-hydrogen) atoms. The van der Waals surface area contributed by atoms with Crippen molar-refractivity contribution in [3.8, 4) is 0 Å². The molecule has 7 nitrogen and oxygen atoms in total. The summed E-state index contributed by atoms with van der Waals surface area (Å²) in [5, 5.41) is 11.0. The quantitative estimate of drug-likeness (QED) is 0.324. The molecule has 160 valence electrons. The first-order chi connectivity index (χ1) is 12.9. The molecular formula is C20H37IN6O. The van der Waals surface area contributed by atoms with E-state index < -0.39 is 0 Å². The number of hydrogen-bond acceptors (Lipinski definition) is 3. The third-order valence-electron chi connectivity index (χ3n) is 4.91. The average Bonchev–Trinajstić information content (AvgIpc) is 3.23. The molecule has 0 radical (unpaired) electrons. The minimum Gasteiger partial charge on any atom is -0.357 e. The number of aryl methyl sites for hydroxylation is 1. The number of carbonyl (C=O) groups is 1. The molecular weight excluding hydrogens is 467 g/mol. The number of guanidine groups is 1. The first-order valence-corrected chi connectivity index (χ1v) is 10.2. The Kier molecular flexibility index (Phi) is 10.8. The van der Waals surface area contributed by atoms with Gasteiger partial charge in [0, 0.05) is 51.4 Å². The van der Waals surface area contributed by atoms with Crippen molar-refractivity contribution in [1.29, 1.82) is 0 Å². The molecule has 1 amide bonds. The fraction of sp³-hybridized carbons (Fsp3) is 0.750. The molecule has 8 heteroatoms. The van der Waals surface area contributed by atoms with Crippen LogP contribution in [0.25, 0.3) is 0 Å². The van der Waals surface area contributed by atoms with Crippen molar-refractivity contribution < 1.29 is 4.79 Å². The van der Waals surface area contributed by atoms with E-state index in [-0.39, 0.29) is 29.9 Å². The molecule has 0 saturated heterocycles. The predicted molar refractivity (Wildman–Crippen MR) is 125 cm³/mol. The van der Waals surface area contributed by atoms with E-state index in [1.807, 2.05) is 18.8 Å². The number of rotatable bonds is 8. The summed E-state index contributed by atoms with van der Waals surface area (Å²) in [6.45, 7) is 8.40. The van der Waals surface area contributed by atoms with Gasteiger partial charge in [0.1, 0.15) is 0 Å². The molecule has 0 unspecified atom stereocenters. The molecule has 1 heterocycles. The third kappa shape index (κ3) is 7.60. The van der Waals surface area contributed by atoms with Crippen molar-refractivity contribution in [3.63, 3.8) is 0 Å². The topological polar surface area (TPSA) is 74.6 Å². The Morgan fingerprint density at radius 1 is 1.39 bits per heavy atom. The highest BCUT2D eigenvalue weighted by Gasteiger charge is 2.17. The molecule has 1 aliphatic rings. The Hall–Kier alpha value is -1.32. The maximum Gasteiger partial charge on any atom is 0.222 e. The lowest BCUT2D eigenvalue weighted by Crippen LogP contribution is -2.39. The van der Waals surface area contributed by atoms with Crippen LogP contribution in [0, 0.1) is 0 Å². The summed E-state index contributed by atoms with van der Waals surface area (Å²) in [6, 6.07) is 0.373. The zero-order valence-corrected chi connectivity index (χ0v) is 20.3. The van der Waals surface area contributed by atoms with E-state index in [2.05, 4.69) is 52.6 Å². The van der Waals surface area contributed by atoms with Crippen LogP contribution in [0.5, 0.6) is 0 Å². The predicted octanol–water partition coefficient (Wildman–Crippen LogP) is 3.01. The molecule has 0 atom stereocenters. The number of carbonyl (C=O) groups excluding carboxylic acids is 1. The number of aliphatic imine (C=N–C) groups is 1. The van der Waals surface area contributed by atoms with Gasteiger partial charge >= 0.3 is 0 Å². The van der Waals surface area contributed by atoms with Gasteiger partial charge in [0.05, 0.1) is 12.2 Å². The number of nitrogens with zero attached hydrogens (tertiary/aromatic N) is 4. The molecule has 1 aromatic heterocycles. The lowest BCUT2D eigenvalue weighted by Gasteiger charge is -2.22. The maximum absolute atomic E-state index is 12.1. The van der Waals surface area contributed by atoms with Crippen LogP contribution in [-0.4, -0.2) is 52.7 Å². The van der Waals surface area contributed by atoms with Crippen LogP contribution >= 0.6 is 24.0 Å². The van der Waals surface area contributed by atoms with Crippen LogP contribution in [0.1, 0.15) is 70.1 Å². The summed E-state index contributed by atoms with van der Waals surface area (Å²) in [4.78, 5) is 18.8. The SMILES string of the molecule is CCNC(=NCCC(=O)NC1CCCC1)N(C)Cc1cn(C)nc1C(C)C.I. The first-order valence-electron chi connectivity index (χ1n) is 10.2. The van der Waals surface area contributed by atoms with Crippen molar-refractivity contribution in [2.75, 3.05) is 20.1 Å². The van der Waals surface area contributed by atoms with Gasteiger partial charge in [-0.15, -0.1) is 24.0 Å². The number of amides is 1. The van der Waals surface area contributed by atoms with Gasteiger partial charge < -0.3 is 15.5 Å². The van der Waals surface area contributed by atoms with Gasteiger partial charge in [-0.25, -0.2) is 0 Å². The molecule has 2 N–H and O–H groups in total. The molecule has 0 aromatic carbocycles. The van der Waals surface area contributed by atoms with Crippen molar-refractivity contribution in [3.05, 3.63) is 17.5 Å². The van der Waals surface area contributed by atoms with Crippen molar-refractivity contribution >= 4 is 35.8 Å². The summed E-state index contributed by atoms with van der Waals surface area (Å²) in [5.74, 6) is 1.32. The lowest BCUT2D eigenvalue weighted by molar-refractivity contribution is -0.121. The van der Waals surface area contributed by atoms with Crippen LogP contribution in [0.15, 0.2) is 11.2 Å². The van der Waals surface area contributed by atoms with Gasteiger partial charge in [-0.05, 0) is 25.7 Å². The van der Waals surface area contributed by atoms with Crippen LogP contribution < -0.4 is 10.6 Å². The van der Waals surface area contributed by atoms with E-state index in [9.17, 15) is 4.79 Å². The number of halogens is 1. The normalized spacial score (nSPS) is 14.9. The zero-order valence-electron chi connectivity index (χ0n) is 18.0. The first kappa shape index (κ1) is 24.7. The molecule has 2 rings (SSSR count). The summed E-state index contributed by atoms with van der Waals surface area (Å²) in [6.07, 6.45) is 7.19. The summed E-state index contributed by atoms with van der Waals surface area (Å²) < 4.78 is 1.87. The van der Waals surface area contributed by atoms with Gasteiger partial charge in [-0.3, -0.25) is 14.5 Å². The third-order valence-corrected chi connectivity index (χ3v) is 4.91. The number of hydrogen-bond donors (Lipinski definition) is 2. The average molecular weight is 504 g/mol. The monoisotopic (exact) mass is 504 g/mol. The Balaban J connectivity index is 0.00000392. The molecule has 1 aliphatic carbocycles. The Labute approximate surface area is 186 Å². The second kappa shape index (κ2) is 12.3. The number of nitrogens with one attached hydrogen (secondary N) is 2. The standard InChI is InChI=1S/C20H36N6O.HI/c1-6-21-20(22-12-11-18(27)23-17-9-7-8-10-17)25(4)13-16-14-26(5)24-19(16)15(2)3;/h14-15,17H,6-13H2,1-5H3,(H,21,22)(H,23,27);1H. The molecule has 0 spiro atoms. The van der Waals surface area contributed by atoms with Crippen molar-refractivity contribution in [2.45, 2.75) is 71.4 Å². The minimum absolute atomic E-state index is 0. The Morgan fingerprint density at radius 2 is 2.07 bits per heavy atom. The second-order valence-corrected chi connectivity index (χ2v) is 7.76. The maximum atomic E-state index is 12.1. The molecule has 0 bridgehead atoms. The van der Waals surface area contributed by atoms with E-state index >= 15 is 0 Å². The van der Waals surface area contributed by atoms with Crippen LogP contribution in [0.3, 0.4) is 0 Å². The van der Waals surface area contributed by atoms with Gasteiger partial charge in [0.25, 0.3) is 0 Å². The van der Waals surface area contributed by atoms with Crippen molar-refractivity contribution in [2.24, 2.45) is 12.0 Å². The highest BCUT2D eigenvalue weighted by Crippen LogP contribution is 2.19. The summed E-state index contributed by atoms with van der Waals surface area (Å²) in [7, 11) is 3.98. The van der Waals surface area contributed by atoms with E-state index in [0.29, 0.717) is 24.9 Å². The number of aromatic nitrogens is 2. The minimum atomic E-state index is 0. The largest absolute Gasteiger partial charge is 0.357 e. The summed E-state index contributed by atoms with van der Waals surface area (Å²) in [5.41, 5.74) is 2.33. The van der Waals surface area contributed by atoms with Crippen LogP contribution in [0.4, 0.5) is 0 Å². The van der Waals surface area contributed by atoms with Crippen molar-refractivity contribution in [1.82, 2.24) is 25.3 Å².